The summed E-state index contributed by atoms with van der Waals surface area (Å²) in [6.07, 6.45) is 4.61. The molecule has 0 fully saturated rings. The van der Waals surface area contributed by atoms with Crippen molar-refractivity contribution in [3.63, 3.8) is 0 Å². The van der Waals surface area contributed by atoms with E-state index in [0.717, 1.165) is 6.42 Å². The minimum absolute atomic E-state index is 0.531. The van der Waals surface area contributed by atoms with Crippen LogP contribution in [0.15, 0.2) is 54.6 Å². The third-order valence-electron chi connectivity index (χ3n) is 2.83. The molecule has 0 aliphatic rings. The average molecular weight is 244 g/mol. The van der Waals surface area contributed by atoms with Gasteiger partial charge in [0.25, 0.3) is 0 Å². The van der Waals surface area contributed by atoms with Crippen molar-refractivity contribution in [2.45, 2.75) is 6.42 Å². The molecular formula is C17H12N2. The van der Waals surface area contributed by atoms with Crippen LogP contribution in [-0.2, 0) is 6.42 Å². The maximum Gasteiger partial charge on any atom is 0.0998 e. The molecule has 0 spiro atoms. The first-order valence-corrected chi connectivity index (χ1v) is 5.99. The molecule has 0 aliphatic carbocycles. The Morgan fingerprint density at radius 2 is 1.47 bits per heavy atom. The zero-order chi connectivity index (χ0) is 13.5. The number of benzene rings is 2. The molecule has 19 heavy (non-hydrogen) atoms. The van der Waals surface area contributed by atoms with E-state index in [2.05, 4.69) is 12.1 Å². The van der Waals surface area contributed by atoms with Crippen LogP contribution in [0.1, 0.15) is 22.3 Å². The van der Waals surface area contributed by atoms with Crippen molar-refractivity contribution in [3.05, 3.63) is 76.9 Å². The van der Waals surface area contributed by atoms with Crippen molar-refractivity contribution in [1.82, 2.24) is 0 Å². The highest BCUT2D eigenvalue weighted by Gasteiger charge is 2.03. The van der Waals surface area contributed by atoms with Crippen molar-refractivity contribution in [2.75, 3.05) is 0 Å². The molecule has 0 N–H and O–H groups in total. The molecule has 0 atom stereocenters. The van der Waals surface area contributed by atoms with Gasteiger partial charge in [0.1, 0.15) is 0 Å². The highest BCUT2D eigenvalue weighted by Crippen LogP contribution is 2.16. The van der Waals surface area contributed by atoms with Gasteiger partial charge in [0.15, 0.2) is 0 Å². The maximum atomic E-state index is 9.06. The number of nitriles is 2. The Morgan fingerprint density at radius 1 is 0.842 bits per heavy atom. The van der Waals surface area contributed by atoms with Gasteiger partial charge in [-0.25, -0.2) is 0 Å². The minimum atomic E-state index is 0.531. The van der Waals surface area contributed by atoms with Gasteiger partial charge in [0, 0.05) is 5.56 Å². The second-order valence-electron chi connectivity index (χ2n) is 4.08. The van der Waals surface area contributed by atoms with Gasteiger partial charge >= 0.3 is 0 Å². The lowest BCUT2D eigenvalue weighted by molar-refractivity contribution is 1.28. The fourth-order valence-electron chi connectivity index (χ4n) is 1.87. The molecule has 0 saturated heterocycles. The molecule has 2 aromatic carbocycles. The normalized spacial score (nSPS) is 10.0. The molecule has 0 unspecified atom stereocenters. The lowest BCUT2D eigenvalue weighted by atomic mass is 10.0. The summed E-state index contributed by atoms with van der Waals surface area (Å²) in [6.45, 7) is 0. The number of hydrogen-bond acceptors (Lipinski definition) is 2. The third kappa shape index (κ3) is 3.09. The Balaban J connectivity index is 2.24. The lowest BCUT2D eigenvalue weighted by Crippen LogP contribution is -1.88. The van der Waals surface area contributed by atoms with E-state index in [1.807, 2.05) is 42.5 Å². The van der Waals surface area contributed by atoms with Crippen molar-refractivity contribution < 1.29 is 0 Å². The molecule has 2 heteroatoms. The van der Waals surface area contributed by atoms with Gasteiger partial charge in [-0.1, -0.05) is 48.6 Å². The molecular weight excluding hydrogens is 232 g/mol. The van der Waals surface area contributed by atoms with Gasteiger partial charge in [0.05, 0.1) is 23.3 Å². The van der Waals surface area contributed by atoms with Crippen molar-refractivity contribution in [1.29, 1.82) is 10.5 Å². The van der Waals surface area contributed by atoms with Gasteiger partial charge in [-0.2, -0.15) is 10.5 Å². The first kappa shape index (κ1) is 12.6. The molecule has 0 heterocycles. The van der Waals surface area contributed by atoms with Crippen LogP contribution >= 0.6 is 0 Å². The van der Waals surface area contributed by atoms with Gasteiger partial charge in [-0.05, 0) is 24.1 Å². The van der Waals surface area contributed by atoms with E-state index >= 15 is 0 Å². The quantitative estimate of drug-likeness (QED) is 0.826. The van der Waals surface area contributed by atoms with Crippen molar-refractivity contribution >= 4 is 6.08 Å². The molecule has 0 radical (unpaired) electrons. The van der Waals surface area contributed by atoms with Gasteiger partial charge in [-0.3, -0.25) is 0 Å². The monoisotopic (exact) mass is 244 g/mol. The SMILES string of the molecule is N#Cc1cccc(C#N)c1/C=C\Cc1ccccc1. The number of nitrogens with zero attached hydrogens (tertiary/aromatic N) is 2. The van der Waals surface area contributed by atoms with Crippen LogP contribution in [0.3, 0.4) is 0 Å². The fraction of sp³-hybridized carbons (Fsp3) is 0.0588. The highest BCUT2D eigenvalue weighted by atomic mass is 14.3. The van der Waals surface area contributed by atoms with Crippen molar-refractivity contribution in [2.24, 2.45) is 0 Å². The summed E-state index contributed by atoms with van der Waals surface area (Å²) in [6, 6.07) is 19.5. The third-order valence-corrected chi connectivity index (χ3v) is 2.83. The molecule has 2 rings (SSSR count). The highest BCUT2D eigenvalue weighted by molar-refractivity contribution is 5.65. The van der Waals surface area contributed by atoms with E-state index in [1.165, 1.54) is 5.56 Å². The Morgan fingerprint density at radius 3 is 2.05 bits per heavy atom. The number of hydrogen-bond donors (Lipinski definition) is 0. The standard InChI is InChI=1S/C17H12N2/c18-12-15-9-5-10-16(13-19)17(15)11-4-8-14-6-2-1-3-7-14/h1-7,9-11H,8H2/b11-4-. The topological polar surface area (TPSA) is 47.6 Å². The summed E-state index contributed by atoms with van der Waals surface area (Å²) in [4.78, 5) is 0. The predicted octanol–water partition coefficient (Wildman–Crippen LogP) is 3.69. The summed E-state index contributed by atoms with van der Waals surface area (Å²) in [5, 5.41) is 18.1. The van der Waals surface area contributed by atoms with Crippen LogP contribution in [0, 0.1) is 22.7 Å². The zero-order valence-corrected chi connectivity index (χ0v) is 10.4. The smallest absolute Gasteiger partial charge is 0.0998 e. The molecule has 2 aromatic rings. The first-order chi connectivity index (χ1) is 9.35. The first-order valence-electron chi connectivity index (χ1n) is 5.99. The molecule has 0 bridgehead atoms. The molecule has 90 valence electrons. The van der Waals surface area contributed by atoms with Gasteiger partial charge in [-0.15, -0.1) is 0 Å². The van der Waals surface area contributed by atoms with E-state index in [-0.39, 0.29) is 0 Å². The van der Waals surface area contributed by atoms with Gasteiger partial charge in [0.2, 0.25) is 0 Å². The molecule has 0 aromatic heterocycles. The van der Waals surface area contributed by atoms with Crippen molar-refractivity contribution in [3.8, 4) is 12.1 Å². The van der Waals surface area contributed by atoms with E-state index in [0.29, 0.717) is 16.7 Å². The lowest BCUT2D eigenvalue weighted by Gasteiger charge is -2.00. The molecule has 0 amide bonds. The van der Waals surface area contributed by atoms with E-state index in [1.54, 1.807) is 18.2 Å². The van der Waals surface area contributed by atoms with Crippen LogP contribution < -0.4 is 0 Å². The van der Waals surface area contributed by atoms with Crippen LogP contribution in [0.25, 0.3) is 6.08 Å². The fourth-order valence-corrected chi connectivity index (χ4v) is 1.87. The summed E-state index contributed by atoms with van der Waals surface area (Å²) < 4.78 is 0. The van der Waals surface area contributed by atoms with Crippen LogP contribution in [0.4, 0.5) is 0 Å². The number of rotatable bonds is 3. The predicted molar refractivity (Wildman–Crippen MR) is 75.1 cm³/mol. The summed E-state index contributed by atoms with van der Waals surface area (Å²) in [5.74, 6) is 0. The van der Waals surface area contributed by atoms with Crippen LogP contribution in [0.5, 0.6) is 0 Å². The second-order valence-corrected chi connectivity index (χ2v) is 4.08. The molecule has 2 nitrogen and oxygen atoms in total. The Labute approximate surface area is 112 Å². The van der Waals surface area contributed by atoms with Crippen LogP contribution in [0.2, 0.25) is 0 Å². The zero-order valence-electron chi connectivity index (χ0n) is 10.4. The summed E-state index contributed by atoms with van der Waals surface area (Å²) in [5.41, 5.74) is 2.96. The van der Waals surface area contributed by atoms with E-state index in [9.17, 15) is 0 Å². The second kappa shape index (κ2) is 6.19. The maximum absolute atomic E-state index is 9.06. The minimum Gasteiger partial charge on any atom is -0.192 e. The average Bonchev–Trinajstić information content (AvgIpc) is 2.48. The Hall–Kier alpha value is -2.84. The van der Waals surface area contributed by atoms with Gasteiger partial charge < -0.3 is 0 Å². The summed E-state index contributed by atoms with van der Waals surface area (Å²) >= 11 is 0. The molecule has 0 saturated carbocycles. The Bertz CT molecular complexity index is 638. The Kier molecular flexibility index (Phi) is 4.11. The van der Waals surface area contributed by atoms with E-state index < -0.39 is 0 Å². The van der Waals surface area contributed by atoms with Crippen LogP contribution in [-0.4, -0.2) is 0 Å². The molecule has 0 aliphatic heterocycles. The van der Waals surface area contributed by atoms with E-state index in [4.69, 9.17) is 10.5 Å². The summed E-state index contributed by atoms with van der Waals surface area (Å²) in [7, 11) is 0. The largest absolute Gasteiger partial charge is 0.192 e. The number of allylic oxidation sites excluding steroid dienone is 1.